The molecule has 2 unspecified atom stereocenters. The molecule has 2 N–H and O–H groups in total. The van der Waals surface area contributed by atoms with E-state index in [1.807, 2.05) is 38.1 Å². The molecule has 0 bridgehead atoms. The topological polar surface area (TPSA) is 35.2 Å². The Labute approximate surface area is 123 Å². The third-order valence-electron chi connectivity index (χ3n) is 3.45. The molecule has 0 spiro atoms. The van der Waals surface area contributed by atoms with Crippen LogP contribution in [0, 0.1) is 18.6 Å². The highest BCUT2D eigenvalue weighted by Crippen LogP contribution is 2.28. The van der Waals surface area contributed by atoms with E-state index < -0.39 is 17.7 Å². The number of rotatable bonds is 5. The van der Waals surface area contributed by atoms with Crippen molar-refractivity contribution in [2.75, 3.05) is 0 Å². The molecular weight excluding hydrogens is 272 g/mol. The maximum Gasteiger partial charge on any atom is 0.139 e. The summed E-state index contributed by atoms with van der Waals surface area (Å²) in [7, 11) is 0. The number of nitrogens with two attached hydrogens (primary N) is 1. The normalized spacial score (nSPS) is 13.8. The van der Waals surface area contributed by atoms with Crippen molar-refractivity contribution < 1.29 is 13.5 Å². The van der Waals surface area contributed by atoms with Crippen molar-refractivity contribution in [1.29, 1.82) is 0 Å². The second-order valence-corrected chi connectivity index (χ2v) is 5.07. The second kappa shape index (κ2) is 6.68. The number of hydrogen-bond acceptors (Lipinski definition) is 2. The lowest BCUT2D eigenvalue weighted by Gasteiger charge is -2.26. The third-order valence-corrected chi connectivity index (χ3v) is 3.45. The number of benzene rings is 2. The second-order valence-electron chi connectivity index (χ2n) is 5.07. The summed E-state index contributed by atoms with van der Waals surface area (Å²) >= 11 is 0. The van der Waals surface area contributed by atoms with Crippen molar-refractivity contribution in [3.05, 3.63) is 65.2 Å². The molecule has 0 aliphatic rings. The molecule has 21 heavy (non-hydrogen) atoms. The third kappa shape index (κ3) is 3.79. The molecule has 0 saturated carbocycles. The van der Waals surface area contributed by atoms with Gasteiger partial charge in [-0.15, -0.1) is 0 Å². The van der Waals surface area contributed by atoms with Crippen LogP contribution in [0.4, 0.5) is 8.78 Å². The lowest BCUT2D eigenvalue weighted by Crippen LogP contribution is -2.32. The predicted octanol–water partition coefficient (Wildman–Crippen LogP) is 4.13. The highest BCUT2D eigenvalue weighted by atomic mass is 19.1. The quantitative estimate of drug-likeness (QED) is 0.899. The van der Waals surface area contributed by atoms with Gasteiger partial charge in [0.05, 0.1) is 0 Å². The van der Waals surface area contributed by atoms with Crippen LogP contribution in [0.3, 0.4) is 0 Å². The van der Waals surface area contributed by atoms with Gasteiger partial charge in [0, 0.05) is 24.2 Å². The van der Waals surface area contributed by atoms with Crippen LogP contribution in [0.25, 0.3) is 0 Å². The molecule has 0 radical (unpaired) electrons. The fourth-order valence-electron chi connectivity index (χ4n) is 2.24. The number of ether oxygens (including phenoxy) is 1. The lowest BCUT2D eigenvalue weighted by molar-refractivity contribution is 0.169. The molecule has 0 fully saturated rings. The molecule has 2 atom stereocenters. The van der Waals surface area contributed by atoms with Gasteiger partial charge in [0.25, 0.3) is 0 Å². The van der Waals surface area contributed by atoms with Gasteiger partial charge < -0.3 is 10.5 Å². The summed E-state index contributed by atoms with van der Waals surface area (Å²) in [5.74, 6) is -1.19. The molecular formula is C17H19F2NO. The number of halogens is 2. The van der Waals surface area contributed by atoms with Gasteiger partial charge in [-0.2, -0.15) is 0 Å². The minimum absolute atomic E-state index is 0.143. The van der Waals surface area contributed by atoms with E-state index in [1.165, 1.54) is 0 Å². The van der Waals surface area contributed by atoms with Crippen molar-refractivity contribution in [2.45, 2.75) is 32.4 Å². The van der Waals surface area contributed by atoms with Crippen molar-refractivity contribution in [3.63, 3.8) is 0 Å². The van der Waals surface area contributed by atoms with Gasteiger partial charge in [-0.1, -0.05) is 31.2 Å². The van der Waals surface area contributed by atoms with Crippen LogP contribution in [0.5, 0.6) is 5.75 Å². The van der Waals surface area contributed by atoms with Gasteiger partial charge in [0.15, 0.2) is 0 Å². The van der Waals surface area contributed by atoms with E-state index in [0.29, 0.717) is 6.42 Å². The molecule has 4 heteroatoms. The SMILES string of the molecule is CCC(N)C(Oc1cc(F)cc(F)c1)c1ccccc1C. The maximum atomic E-state index is 13.3. The Morgan fingerprint density at radius 3 is 2.29 bits per heavy atom. The Morgan fingerprint density at radius 1 is 1.10 bits per heavy atom. The summed E-state index contributed by atoms with van der Waals surface area (Å²) in [6.45, 7) is 3.91. The van der Waals surface area contributed by atoms with Crippen molar-refractivity contribution in [3.8, 4) is 5.75 Å². The minimum atomic E-state index is -0.668. The van der Waals surface area contributed by atoms with E-state index in [0.717, 1.165) is 29.3 Å². The first-order valence-corrected chi connectivity index (χ1v) is 6.95. The molecule has 0 amide bonds. The maximum absolute atomic E-state index is 13.3. The Morgan fingerprint density at radius 2 is 1.71 bits per heavy atom. The Balaban J connectivity index is 2.35. The van der Waals surface area contributed by atoms with Crippen LogP contribution in [-0.4, -0.2) is 6.04 Å². The van der Waals surface area contributed by atoms with Crippen molar-refractivity contribution >= 4 is 0 Å². The fraction of sp³-hybridized carbons (Fsp3) is 0.294. The first-order chi connectivity index (χ1) is 10.0. The van der Waals surface area contributed by atoms with E-state index in [2.05, 4.69) is 0 Å². The zero-order valence-corrected chi connectivity index (χ0v) is 12.1. The molecule has 2 nitrogen and oxygen atoms in total. The van der Waals surface area contributed by atoms with Crippen LogP contribution in [0.15, 0.2) is 42.5 Å². The standard InChI is InChI=1S/C17H19F2NO/c1-3-16(20)17(15-7-5-4-6-11(15)2)21-14-9-12(18)8-13(19)10-14/h4-10,16-17H,3,20H2,1-2H3. The van der Waals surface area contributed by atoms with E-state index in [-0.39, 0.29) is 11.8 Å². The van der Waals surface area contributed by atoms with Gasteiger partial charge in [0.1, 0.15) is 23.5 Å². The summed E-state index contributed by atoms with van der Waals surface area (Å²) in [5, 5.41) is 0. The van der Waals surface area contributed by atoms with Gasteiger partial charge >= 0.3 is 0 Å². The lowest BCUT2D eigenvalue weighted by atomic mass is 9.97. The zero-order chi connectivity index (χ0) is 15.4. The van der Waals surface area contributed by atoms with Crippen LogP contribution in [-0.2, 0) is 0 Å². The average molecular weight is 291 g/mol. The largest absolute Gasteiger partial charge is 0.484 e. The molecule has 112 valence electrons. The van der Waals surface area contributed by atoms with E-state index in [4.69, 9.17) is 10.5 Å². The first-order valence-electron chi connectivity index (χ1n) is 6.95. The molecule has 0 aliphatic carbocycles. The highest BCUT2D eigenvalue weighted by Gasteiger charge is 2.22. The smallest absolute Gasteiger partial charge is 0.139 e. The monoisotopic (exact) mass is 291 g/mol. The van der Waals surface area contributed by atoms with Crippen LogP contribution < -0.4 is 10.5 Å². The summed E-state index contributed by atoms with van der Waals surface area (Å²) in [6.07, 6.45) is 0.244. The van der Waals surface area contributed by atoms with Crippen LogP contribution in [0.1, 0.15) is 30.6 Å². The van der Waals surface area contributed by atoms with Crippen molar-refractivity contribution in [2.24, 2.45) is 5.73 Å². The average Bonchev–Trinajstić information content (AvgIpc) is 2.44. The van der Waals surface area contributed by atoms with Gasteiger partial charge in [0.2, 0.25) is 0 Å². The molecule has 0 aliphatic heterocycles. The van der Waals surface area contributed by atoms with Gasteiger partial charge in [-0.05, 0) is 24.5 Å². The Hall–Kier alpha value is -1.94. The van der Waals surface area contributed by atoms with Crippen LogP contribution >= 0.6 is 0 Å². The minimum Gasteiger partial charge on any atom is -0.484 e. The predicted molar refractivity (Wildman–Crippen MR) is 79.2 cm³/mol. The van der Waals surface area contributed by atoms with E-state index >= 15 is 0 Å². The Kier molecular flexibility index (Phi) is 4.91. The molecule has 2 aromatic rings. The number of aryl methyl sites for hydroxylation is 1. The summed E-state index contributed by atoms with van der Waals surface area (Å²) in [5.41, 5.74) is 8.09. The molecule has 2 aromatic carbocycles. The summed E-state index contributed by atoms with van der Waals surface area (Å²) < 4.78 is 32.4. The summed E-state index contributed by atoms with van der Waals surface area (Å²) in [6, 6.07) is 10.6. The van der Waals surface area contributed by atoms with Crippen LogP contribution in [0.2, 0.25) is 0 Å². The van der Waals surface area contributed by atoms with Crippen molar-refractivity contribution in [1.82, 2.24) is 0 Å². The first kappa shape index (κ1) is 15.4. The summed E-state index contributed by atoms with van der Waals surface area (Å²) in [4.78, 5) is 0. The highest BCUT2D eigenvalue weighted by molar-refractivity contribution is 5.31. The van der Waals surface area contributed by atoms with Gasteiger partial charge in [-0.25, -0.2) is 8.78 Å². The molecule has 2 rings (SSSR count). The van der Waals surface area contributed by atoms with Gasteiger partial charge in [-0.3, -0.25) is 0 Å². The molecule has 0 saturated heterocycles. The Bertz CT molecular complexity index is 595. The van der Waals surface area contributed by atoms with E-state index in [1.54, 1.807) is 0 Å². The number of hydrogen-bond donors (Lipinski definition) is 1. The molecule has 0 heterocycles. The fourth-order valence-corrected chi connectivity index (χ4v) is 2.24. The molecule has 0 aromatic heterocycles. The van der Waals surface area contributed by atoms with E-state index in [9.17, 15) is 8.78 Å². The zero-order valence-electron chi connectivity index (χ0n) is 12.1.